The van der Waals surface area contributed by atoms with Crippen LogP contribution < -0.4 is 4.74 Å². The average molecular weight is 325 g/mol. The molecule has 0 saturated heterocycles. The summed E-state index contributed by atoms with van der Waals surface area (Å²) in [5.41, 5.74) is 4.14. The van der Waals surface area contributed by atoms with Crippen LogP contribution in [0.25, 0.3) is 22.2 Å². The summed E-state index contributed by atoms with van der Waals surface area (Å²) in [6.07, 6.45) is 5.68. The van der Waals surface area contributed by atoms with Crippen molar-refractivity contribution in [1.82, 2.24) is 15.0 Å². The second kappa shape index (κ2) is 8.48. The van der Waals surface area contributed by atoms with Gasteiger partial charge in [-0.2, -0.15) is 0 Å². The number of hydrogen-bond donors (Lipinski definition) is 1. The van der Waals surface area contributed by atoms with Crippen molar-refractivity contribution in [3.05, 3.63) is 42.5 Å². The number of nitrogens with zero attached hydrogens (tertiary/aromatic N) is 2. The van der Waals surface area contributed by atoms with Gasteiger partial charge in [-0.3, -0.25) is 4.98 Å². The molecular weight excluding hydrogens is 298 g/mol. The van der Waals surface area contributed by atoms with Gasteiger partial charge in [0.2, 0.25) is 0 Å². The highest BCUT2D eigenvalue weighted by Crippen LogP contribution is 2.31. The van der Waals surface area contributed by atoms with Gasteiger partial charge in [0.15, 0.2) is 0 Å². The Balaban J connectivity index is 0.00000100. The number of H-pyrrole nitrogens is 1. The van der Waals surface area contributed by atoms with Gasteiger partial charge in [0.25, 0.3) is 0 Å². The van der Waals surface area contributed by atoms with Crippen LogP contribution in [0.15, 0.2) is 36.7 Å². The van der Waals surface area contributed by atoms with Crippen LogP contribution in [0.2, 0.25) is 0 Å². The summed E-state index contributed by atoms with van der Waals surface area (Å²) in [6, 6.07) is 8.15. The third-order valence-electron chi connectivity index (χ3n) is 3.79. The number of aromatic nitrogens is 3. The third kappa shape index (κ3) is 4.13. The standard InChI is InChI=1S/C18H21N3O.C2H6/c1-12(2)4-5-17-20-15-10-14(13-6-8-19-9-7-13)11-16(22-3)18(15)21-17;1-2/h6-12H,4-5H2,1-3H3,(H,20,21);1-2H3. The van der Waals surface area contributed by atoms with Gasteiger partial charge in [0.1, 0.15) is 17.1 Å². The van der Waals surface area contributed by atoms with Crippen molar-refractivity contribution in [1.29, 1.82) is 0 Å². The minimum absolute atomic E-state index is 0.669. The van der Waals surface area contributed by atoms with Gasteiger partial charge in [-0.1, -0.05) is 27.7 Å². The molecule has 4 heteroatoms. The molecule has 0 amide bonds. The molecule has 0 bridgehead atoms. The molecule has 1 N–H and O–H groups in total. The lowest BCUT2D eigenvalue weighted by Crippen LogP contribution is -1.93. The minimum Gasteiger partial charge on any atom is -0.494 e. The summed E-state index contributed by atoms with van der Waals surface area (Å²) < 4.78 is 5.53. The number of methoxy groups -OCH3 is 1. The van der Waals surface area contributed by atoms with Crippen molar-refractivity contribution in [3.8, 4) is 16.9 Å². The molecule has 0 atom stereocenters. The molecule has 0 radical (unpaired) electrons. The van der Waals surface area contributed by atoms with Crippen molar-refractivity contribution in [3.63, 3.8) is 0 Å². The Morgan fingerprint density at radius 2 is 1.79 bits per heavy atom. The van der Waals surface area contributed by atoms with Crippen LogP contribution in [-0.2, 0) is 6.42 Å². The topological polar surface area (TPSA) is 50.8 Å². The Bertz CT molecular complexity index is 763. The molecule has 0 saturated carbocycles. The highest BCUT2D eigenvalue weighted by molar-refractivity contribution is 5.87. The molecule has 128 valence electrons. The summed E-state index contributed by atoms with van der Waals surface area (Å²) >= 11 is 0. The van der Waals surface area contributed by atoms with Crippen LogP contribution in [0.4, 0.5) is 0 Å². The molecule has 3 aromatic rings. The summed E-state index contributed by atoms with van der Waals surface area (Å²) in [6.45, 7) is 8.45. The van der Waals surface area contributed by atoms with Gasteiger partial charge >= 0.3 is 0 Å². The molecule has 0 aliphatic heterocycles. The summed E-state index contributed by atoms with van der Waals surface area (Å²) in [5.74, 6) is 2.49. The van der Waals surface area contributed by atoms with Gasteiger partial charge in [-0.25, -0.2) is 4.98 Å². The second-order valence-corrected chi connectivity index (χ2v) is 5.93. The smallest absolute Gasteiger partial charge is 0.147 e. The van der Waals surface area contributed by atoms with E-state index >= 15 is 0 Å². The number of fused-ring (bicyclic) bond motifs is 1. The van der Waals surface area contributed by atoms with Crippen LogP contribution in [0.5, 0.6) is 5.75 Å². The lowest BCUT2D eigenvalue weighted by Gasteiger charge is -2.05. The normalized spacial score (nSPS) is 10.6. The van der Waals surface area contributed by atoms with Crippen LogP contribution in [0.1, 0.15) is 39.9 Å². The number of rotatable bonds is 5. The molecule has 0 aliphatic rings. The zero-order valence-electron chi connectivity index (χ0n) is 15.3. The summed E-state index contributed by atoms with van der Waals surface area (Å²) in [4.78, 5) is 12.2. The molecule has 24 heavy (non-hydrogen) atoms. The first-order valence-corrected chi connectivity index (χ1v) is 8.64. The predicted molar refractivity (Wildman–Crippen MR) is 100 cm³/mol. The molecule has 0 fully saturated rings. The molecule has 2 aromatic heterocycles. The van der Waals surface area contributed by atoms with Crippen molar-refractivity contribution in [2.75, 3.05) is 7.11 Å². The van der Waals surface area contributed by atoms with Crippen molar-refractivity contribution in [2.45, 2.75) is 40.5 Å². The van der Waals surface area contributed by atoms with E-state index in [1.165, 1.54) is 0 Å². The molecule has 0 aliphatic carbocycles. The fraction of sp³-hybridized carbons (Fsp3) is 0.400. The Morgan fingerprint density at radius 1 is 1.08 bits per heavy atom. The molecule has 3 rings (SSSR count). The van der Waals surface area contributed by atoms with Gasteiger partial charge in [-0.15, -0.1) is 0 Å². The molecule has 0 spiro atoms. The first-order chi connectivity index (χ1) is 11.7. The highest BCUT2D eigenvalue weighted by atomic mass is 16.5. The number of imidazole rings is 1. The van der Waals surface area contributed by atoms with Crippen molar-refractivity contribution < 1.29 is 4.74 Å². The summed E-state index contributed by atoms with van der Waals surface area (Å²) in [7, 11) is 1.69. The quantitative estimate of drug-likeness (QED) is 0.697. The van der Waals surface area contributed by atoms with Crippen molar-refractivity contribution >= 4 is 11.0 Å². The first-order valence-electron chi connectivity index (χ1n) is 8.64. The van der Waals surface area contributed by atoms with Crippen LogP contribution in [0, 0.1) is 5.92 Å². The van der Waals surface area contributed by atoms with Crippen LogP contribution in [-0.4, -0.2) is 22.1 Å². The zero-order chi connectivity index (χ0) is 17.5. The van der Waals surface area contributed by atoms with E-state index in [2.05, 4.69) is 29.9 Å². The van der Waals surface area contributed by atoms with Crippen LogP contribution >= 0.6 is 0 Å². The molecule has 4 nitrogen and oxygen atoms in total. The van der Waals surface area contributed by atoms with E-state index in [9.17, 15) is 0 Å². The second-order valence-electron chi connectivity index (χ2n) is 5.93. The number of ether oxygens (including phenoxy) is 1. The molecule has 2 heterocycles. The number of aryl methyl sites for hydroxylation is 1. The fourth-order valence-corrected chi connectivity index (χ4v) is 2.55. The zero-order valence-corrected chi connectivity index (χ0v) is 15.3. The number of hydrogen-bond acceptors (Lipinski definition) is 3. The Morgan fingerprint density at radius 3 is 2.42 bits per heavy atom. The largest absolute Gasteiger partial charge is 0.494 e. The Labute approximate surface area is 144 Å². The first kappa shape index (κ1) is 18.0. The van der Waals surface area contributed by atoms with Crippen LogP contribution in [0.3, 0.4) is 0 Å². The lowest BCUT2D eigenvalue weighted by molar-refractivity contribution is 0.419. The fourth-order valence-electron chi connectivity index (χ4n) is 2.55. The number of nitrogens with one attached hydrogen (secondary N) is 1. The van der Waals surface area contributed by atoms with E-state index in [-0.39, 0.29) is 0 Å². The molecular formula is C20H27N3O. The van der Waals surface area contributed by atoms with Gasteiger partial charge < -0.3 is 9.72 Å². The number of aromatic amines is 1. The van der Waals surface area contributed by atoms with E-state index in [1.807, 2.05) is 32.0 Å². The van der Waals surface area contributed by atoms with E-state index in [4.69, 9.17) is 9.72 Å². The lowest BCUT2D eigenvalue weighted by atomic mass is 10.1. The maximum atomic E-state index is 5.53. The average Bonchev–Trinajstić information content (AvgIpc) is 3.04. The number of benzene rings is 1. The molecule has 1 aromatic carbocycles. The highest BCUT2D eigenvalue weighted by Gasteiger charge is 2.11. The SMILES string of the molecule is CC.COc1cc(-c2ccncc2)cc2[nH]c(CCC(C)C)nc12. The maximum absolute atomic E-state index is 5.53. The minimum atomic E-state index is 0.669. The monoisotopic (exact) mass is 325 g/mol. The summed E-state index contributed by atoms with van der Waals surface area (Å²) in [5, 5.41) is 0. The van der Waals surface area contributed by atoms with E-state index < -0.39 is 0 Å². The van der Waals surface area contributed by atoms with Gasteiger partial charge in [0, 0.05) is 18.8 Å². The molecule has 0 unspecified atom stereocenters. The predicted octanol–water partition coefficient (Wildman–Crippen LogP) is 5.25. The Hall–Kier alpha value is -2.36. The van der Waals surface area contributed by atoms with Gasteiger partial charge in [-0.05, 0) is 47.7 Å². The van der Waals surface area contributed by atoms with E-state index in [0.717, 1.165) is 46.6 Å². The third-order valence-corrected chi connectivity index (χ3v) is 3.79. The van der Waals surface area contributed by atoms with Gasteiger partial charge in [0.05, 0.1) is 12.6 Å². The van der Waals surface area contributed by atoms with E-state index in [0.29, 0.717) is 5.92 Å². The Kier molecular flexibility index (Phi) is 6.36. The van der Waals surface area contributed by atoms with Crippen molar-refractivity contribution in [2.24, 2.45) is 5.92 Å². The maximum Gasteiger partial charge on any atom is 0.147 e. The van der Waals surface area contributed by atoms with E-state index in [1.54, 1.807) is 19.5 Å². The number of pyridine rings is 1.